The van der Waals surface area contributed by atoms with Crippen molar-refractivity contribution in [3.05, 3.63) is 29.3 Å². The zero-order valence-corrected chi connectivity index (χ0v) is 11.8. The van der Waals surface area contributed by atoms with Gasteiger partial charge in [0, 0.05) is 30.9 Å². The summed E-state index contributed by atoms with van der Waals surface area (Å²) in [6, 6.07) is 5.73. The van der Waals surface area contributed by atoms with Gasteiger partial charge in [0.25, 0.3) is 5.91 Å². The number of rotatable bonds is 1. The van der Waals surface area contributed by atoms with Gasteiger partial charge in [0.15, 0.2) is 0 Å². The monoisotopic (exact) mass is 273 g/mol. The summed E-state index contributed by atoms with van der Waals surface area (Å²) in [5, 5.41) is 6.09. The summed E-state index contributed by atoms with van der Waals surface area (Å²) >= 11 is 0. The van der Waals surface area contributed by atoms with Crippen molar-refractivity contribution in [1.29, 1.82) is 0 Å². The fraction of sp³-hybridized carbons (Fsp3) is 0.467. The van der Waals surface area contributed by atoms with Gasteiger partial charge in [-0.3, -0.25) is 9.59 Å². The Morgan fingerprint density at radius 1 is 1.25 bits per heavy atom. The summed E-state index contributed by atoms with van der Waals surface area (Å²) in [6.07, 6.45) is 0.945. The Morgan fingerprint density at radius 2 is 2.05 bits per heavy atom. The standard InChI is InChI=1S/C15H19N3O2/c1-15(2)14(20)17-7-8-18(15)13(19)11-3-4-12-10(9-11)5-6-16-12/h3-4,9,16H,5-8H2,1-2H3,(H,17,20). The predicted octanol–water partition coefficient (Wildman–Crippen LogP) is 1.01. The Labute approximate surface area is 118 Å². The molecule has 0 radical (unpaired) electrons. The number of carbonyl (C=O) groups excluding carboxylic acids is 2. The molecule has 5 heteroatoms. The van der Waals surface area contributed by atoms with E-state index in [2.05, 4.69) is 10.6 Å². The van der Waals surface area contributed by atoms with E-state index < -0.39 is 5.54 Å². The van der Waals surface area contributed by atoms with Crippen LogP contribution in [0.3, 0.4) is 0 Å². The molecule has 1 fully saturated rings. The molecule has 0 unspecified atom stereocenters. The largest absolute Gasteiger partial charge is 0.384 e. The first kappa shape index (κ1) is 13.0. The lowest BCUT2D eigenvalue weighted by Gasteiger charge is -2.41. The number of hydrogen-bond donors (Lipinski definition) is 2. The molecule has 2 N–H and O–H groups in total. The first-order chi connectivity index (χ1) is 9.50. The first-order valence-electron chi connectivity index (χ1n) is 6.97. The molecule has 2 amide bonds. The molecule has 0 spiro atoms. The average molecular weight is 273 g/mol. The second-order valence-corrected chi connectivity index (χ2v) is 5.82. The molecule has 106 valence electrons. The van der Waals surface area contributed by atoms with Crippen LogP contribution in [0.4, 0.5) is 5.69 Å². The Balaban J connectivity index is 1.90. The summed E-state index contributed by atoms with van der Waals surface area (Å²) in [5.74, 6) is -0.167. The topological polar surface area (TPSA) is 61.4 Å². The molecule has 2 aliphatic heterocycles. The molecule has 2 heterocycles. The fourth-order valence-electron chi connectivity index (χ4n) is 2.85. The number of carbonyl (C=O) groups is 2. The number of benzene rings is 1. The van der Waals surface area contributed by atoms with Crippen LogP contribution < -0.4 is 10.6 Å². The summed E-state index contributed by atoms with van der Waals surface area (Å²) in [7, 11) is 0. The van der Waals surface area contributed by atoms with Gasteiger partial charge in [0.05, 0.1) is 0 Å². The van der Waals surface area contributed by atoms with Crippen LogP contribution in [0.2, 0.25) is 0 Å². The quantitative estimate of drug-likeness (QED) is 0.802. The van der Waals surface area contributed by atoms with Gasteiger partial charge in [0.2, 0.25) is 5.91 Å². The second kappa shape index (κ2) is 4.51. The third kappa shape index (κ3) is 1.94. The van der Waals surface area contributed by atoms with Gasteiger partial charge >= 0.3 is 0 Å². The van der Waals surface area contributed by atoms with E-state index in [0.29, 0.717) is 18.7 Å². The van der Waals surface area contributed by atoms with Crippen LogP contribution in [0.5, 0.6) is 0 Å². The molecule has 1 saturated heterocycles. The van der Waals surface area contributed by atoms with E-state index in [1.165, 1.54) is 5.56 Å². The molecule has 0 bridgehead atoms. The lowest BCUT2D eigenvalue weighted by molar-refractivity contribution is -0.133. The third-order valence-electron chi connectivity index (χ3n) is 4.16. The highest BCUT2D eigenvalue weighted by Crippen LogP contribution is 2.26. The van der Waals surface area contributed by atoms with Crippen LogP contribution in [-0.4, -0.2) is 41.9 Å². The van der Waals surface area contributed by atoms with Crippen LogP contribution in [0.25, 0.3) is 0 Å². The molecular formula is C15H19N3O2. The number of nitrogens with zero attached hydrogens (tertiary/aromatic N) is 1. The van der Waals surface area contributed by atoms with E-state index >= 15 is 0 Å². The fourth-order valence-corrected chi connectivity index (χ4v) is 2.85. The van der Waals surface area contributed by atoms with Crippen LogP contribution >= 0.6 is 0 Å². The number of piperazine rings is 1. The Morgan fingerprint density at radius 3 is 2.85 bits per heavy atom. The van der Waals surface area contributed by atoms with Gasteiger partial charge in [-0.15, -0.1) is 0 Å². The van der Waals surface area contributed by atoms with Crippen molar-refractivity contribution in [2.45, 2.75) is 25.8 Å². The minimum atomic E-state index is -0.799. The van der Waals surface area contributed by atoms with Crippen molar-refractivity contribution in [3.8, 4) is 0 Å². The van der Waals surface area contributed by atoms with E-state index in [-0.39, 0.29) is 11.8 Å². The molecule has 2 aliphatic rings. The van der Waals surface area contributed by atoms with Crippen LogP contribution in [0.15, 0.2) is 18.2 Å². The SMILES string of the molecule is CC1(C)C(=O)NCCN1C(=O)c1ccc2c(c1)CCN2. The van der Waals surface area contributed by atoms with Crippen LogP contribution in [0, 0.1) is 0 Å². The van der Waals surface area contributed by atoms with Crippen molar-refractivity contribution in [2.24, 2.45) is 0 Å². The van der Waals surface area contributed by atoms with Crippen molar-refractivity contribution < 1.29 is 9.59 Å². The zero-order chi connectivity index (χ0) is 14.3. The molecule has 3 rings (SSSR count). The number of fused-ring (bicyclic) bond motifs is 1. The second-order valence-electron chi connectivity index (χ2n) is 5.82. The number of anilines is 1. The third-order valence-corrected chi connectivity index (χ3v) is 4.16. The van der Waals surface area contributed by atoms with E-state index in [9.17, 15) is 9.59 Å². The van der Waals surface area contributed by atoms with Gasteiger partial charge in [0.1, 0.15) is 5.54 Å². The highest BCUT2D eigenvalue weighted by Gasteiger charge is 2.40. The highest BCUT2D eigenvalue weighted by atomic mass is 16.2. The van der Waals surface area contributed by atoms with Gasteiger partial charge in [-0.05, 0) is 44.0 Å². The van der Waals surface area contributed by atoms with Gasteiger partial charge < -0.3 is 15.5 Å². The van der Waals surface area contributed by atoms with E-state index in [1.807, 2.05) is 18.2 Å². The summed E-state index contributed by atoms with van der Waals surface area (Å²) in [4.78, 5) is 26.3. The highest BCUT2D eigenvalue weighted by molar-refractivity contribution is 6.00. The maximum Gasteiger partial charge on any atom is 0.254 e. The molecule has 1 aromatic carbocycles. The van der Waals surface area contributed by atoms with Gasteiger partial charge in [-0.1, -0.05) is 0 Å². The molecule has 20 heavy (non-hydrogen) atoms. The maximum atomic E-state index is 12.7. The van der Waals surface area contributed by atoms with E-state index in [0.717, 1.165) is 18.7 Å². The lowest BCUT2D eigenvalue weighted by Crippen LogP contribution is -2.63. The van der Waals surface area contributed by atoms with Crippen molar-refractivity contribution in [1.82, 2.24) is 10.2 Å². The van der Waals surface area contributed by atoms with Crippen molar-refractivity contribution in [2.75, 3.05) is 25.0 Å². The zero-order valence-electron chi connectivity index (χ0n) is 11.8. The molecule has 5 nitrogen and oxygen atoms in total. The van der Waals surface area contributed by atoms with E-state index in [1.54, 1.807) is 18.7 Å². The minimum absolute atomic E-state index is 0.0699. The van der Waals surface area contributed by atoms with Gasteiger partial charge in [-0.25, -0.2) is 0 Å². The average Bonchev–Trinajstić information content (AvgIpc) is 2.88. The Hall–Kier alpha value is -2.04. The molecule has 0 atom stereocenters. The van der Waals surface area contributed by atoms with Crippen molar-refractivity contribution in [3.63, 3.8) is 0 Å². The van der Waals surface area contributed by atoms with E-state index in [4.69, 9.17) is 0 Å². The minimum Gasteiger partial charge on any atom is -0.384 e. The number of amides is 2. The summed E-state index contributed by atoms with van der Waals surface area (Å²) in [6.45, 7) is 5.56. The lowest BCUT2D eigenvalue weighted by atomic mass is 9.97. The van der Waals surface area contributed by atoms with Crippen LogP contribution in [0.1, 0.15) is 29.8 Å². The van der Waals surface area contributed by atoms with Crippen molar-refractivity contribution >= 4 is 17.5 Å². The maximum absolute atomic E-state index is 12.7. The Kier molecular flexibility index (Phi) is 2.92. The molecule has 1 aromatic rings. The van der Waals surface area contributed by atoms with Crippen LogP contribution in [-0.2, 0) is 11.2 Å². The molecular weight excluding hydrogens is 254 g/mol. The number of hydrogen-bond acceptors (Lipinski definition) is 3. The first-order valence-corrected chi connectivity index (χ1v) is 6.97. The van der Waals surface area contributed by atoms with Gasteiger partial charge in [-0.2, -0.15) is 0 Å². The predicted molar refractivity (Wildman–Crippen MR) is 76.8 cm³/mol. The molecule has 0 aromatic heterocycles. The molecule has 0 aliphatic carbocycles. The Bertz CT molecular complexity index is 580. The summed E-state index contributed by atoms with van der Waals surface area (Å²) in [5.41, 5.74) is 2.15. The smallest absolute Gasteiger partial charge is 0.254 e. The summed E-state index contributed by atoms with van der Waals surface area (Å²) < 4.78 is 0. The number of nitrogens with one attached hydrogen (secondary N) is 2. The molecule has 0 saturated carbocycles. The normalized spacial score (nSPS) is 20.1.